The van der Waals surface area contributed by atoms with Crippen molar-refractivity contribution < 1.29 is 258 Å². The molecular weight excluding hydrogens is 1820 g/mol. The van der Waals surface area contributed by atoms with Gasteiger partial charge >= 0.3 is 59.7 Å². The highest BCUT2D eigenvalue weighted by molar-refractivity contribution is 6.12. The number of benzene rings is 10. The molecule has 7 unspecified atom stereocenters. The van der Waals surface area contributed by atoms with E-state index in [4.69, 9.17) is 56.8 Å². The lowest BCUT2D eigenvalue weighted by Gasteiger charge is -2.44. The normalized spacial score (nSPS) is 19.4. The van der Waals surface area contributed by atoms with Gasteiger partial charge in [0.15, 0.2) is 162 Å². The maximum absolute atomic E-state index is 14.4. The third-order valence-corrected chi connectivity index (χ3v) is 20.7. The third-order valence-electron chi connectivity index (χ3n) is 20.7. The van der Waals surface area contributed by atoms with Crippen LogP contribution < -0.4 is 0 Å². The predicted octanol–water partition coefficient (Wildman–Crippen LogP) is 3.31. The first-order chi connectivity index (χ1) is 63.0. The number of carbonyl (C=O) groups is 10. The fraction of sp³-hybridized carbons (Fsp3) is 0.146. The van der Waals surface area contributed by atoms with E-state index in [9.17, 15) is 201 Å². The van der Waals surface area contributed by atoms with Gasteiger partial charge in [0.1, 0.15) is 25.4 Å². The zero-order valence-corrected chi connectivity index (χ0v) is 65.7. The van der Waals surface area contributed by atoms with Crippen LogP contribution >= 0.6 is 0 Å². The van der Waals surface area contributed by atoms with Gasteiger partial charge in [-0.05, 0) is 84.9 Å². The monoisotopic (exact) mass is 1870 g/mol. The van der Waals surface area contributed by atoms with Crippen LogP contribution in [0.15, 0.2) is 84.9 Å². The second kappa shape index (κ2) is 33.9. The van der Waals surface area contributed by atoms with E-state index >= 15 is 0 Å². The Bertz CT molecular complexity index is 6620. The number of esters is 10. The molecule has 5 heterocycles. The van der Waals surface area contributed by atoms with Crippen molar-refractivity contribution in [1.82, 2.24) is 0 Å². The van der Waals surface area contributed by atoms with Gasteiger partial charge in [-0.15, -0.1) is 0 Å². The van der Waals surface area contributed by atoms with Crippen molar-refractivity contribution in [2.45, 2.75) is 61.4 Å². The first kappa shape index (κ1) is 91.0. The summed E-state index contributed by atoms with van der Waals surface area (Å²) in [6.07, 6.45) is -24.3. The minimum absolute atomic E-state index is 0.408. The molecule has 2 saturated heterocycles. The zero-order valence-electron chi connectivity index (χ0n) is 65.7. The van der Waals surface area contributed by atoms with Crippen LogP contribution in [0, 0.1) is 0 Å². The second-order valence-electron chi connectivity index (χ2n) is 28.9. The number of carbonyl (C=O) groups excluding carboxylic acids is 10. The van der Waals surface area contributed by atoms with Gasteiger partial charge in [-0.3, -0.25) is 0 Å². The molecule has 2 fully saturated rings. The van der Waals surface area contributed by atoms with E-state index in [-0.39, 0.29) is 0 Å². The van der Waals surface area contributed by atoms with E-state index in [2.05, 4.69) is 0 Å². The van der Waals surface area contributed by atoms with Gasteiger partial charge in [-0.2, -0.15) is 0 Å². The quantitative estimate of drug-likeness (QED) is 0.0560. The van der Waals surface area contributed by atoms with Gasteiger partial charge in [0.2, 0.25) is 59.3 Å². The van der Waals surface area contributed by atoms with Crippen LogP contribution in [0.4, 0.5) is 0 Å². The van der Waals surface area contributed by atoms with E-state index in [0.717, 1.165) is 0 Å². The van der Waals surface area contributed by atoms with E-state index in [1.54, 1.807) is 0 Å². The minimum atomic E-state index is -2.55. The van der Waals surface area contributed by atoms with E-state index in [1.807, 2.05) is 0 Å². The molecule has 0 aliphatic carbocycles. The summed E-state index contributed by atoms with van der Waals surface area (Å²) in [5.74, 6) is -54.3. The summed E-state index contributed by atoms with van der Waals surface area (Å²) >= 11 is 0. The van der Waals surface area contributed by atoms with Crippen molar-refractivity contribution in [2.24, 2.45) is 0 Å². The summed E-state index contributed by atoms with van der Waals surface area (Å²) < 4.78 is 67.0. The van der Waals surface area contributed by atoms with Gasteiger partial charge in [0, 0.05) is 33.4 Å². The number of hydrogen-bond acceptors (Lipinski definition) is 52. The Morgan fingerprint density at radius 3 is 0.791 bits per heavy atom. The first-order valence-corrected chi connectivity index (χ1v) is 37.0. The molecule has 0 radical (unpaired) electrons. The van der Waals surface area contributed by atoms with Gasteiger partial charge in [-0.1, -0.05) is 0 Å². The van der Waals surface area contributed by atoms with Crippen molar-refractivity contribution in [3.8, 4) is 206 Å². The van der Waals surface area contributed by atoms with Gasteiger partial charge in [0.25, 0.3) is 0 Å². The van der Waals surface area contributed by atoms with Crippen LogP contribution in [0.25, 0.3) is 33.4 Å². The third kappa shape index (κ3) is 15.8. The van der Waals surface area contributed by atoms with E-state index in [0.29, 0.717) is 84.9 Å². The molecule has 0 bridgehead atoms. The molecule has 0 spiro atoms. The van der Waals surface area contributed by atoms with Gasteiger partial charge in [0.05, 0.1) is 55.6 Å². The average Bonchev–Trinajstić information content (AvgIpc) is 0.874. The zero-order chi connectivity index (χ0) is 97.9. The molecule has 0 amide bonds. The molecule has 15 rings (SSSR count). The molecule has 0 aromatic heterocycles. The molecule has 52 nitrogen and oxygen atoms in total. The fourth-order valence-corrected chi connectivity index (χ4v) is 14.2. The van der Waals surface area contributed by atoms with Crippen molar-refractivity contribution in [2.75, 3.05) is 13.2 Å². The summed E-state index contributed by atoms with van der Waals surface area (Å²) in [6.45, 7) is -2.50. The number of rotatable bonds is 9. The summed E-state index contributed by atoms with van der Waals surface area (Å²) in [7, 11) is 0. The number of phenols is 30. The lowest BCUT2D eigenvalue weighted by Crippen LogP contribution is -2.63. The molecular formula is C82H58O52. The maximum Gasteiger partial charge on any atom is 0.340 e. The van der Waals surface area contributed by atoms with Crippen LogP contribution in [-0.2, 0) is 56.8 Å². The molecule has 52 heteroatoms. The molecule has 10 aromatic carbocycles. The Morgan fingerprint density at radius 2 is 0.485 bits per heavy atom. The van der Waals surface area contributed by atoms with Crippen LogP contribution in [0.1, 0.15) is 104 Å². The lowest BCUT2D eigenvalue weighted by atomic mass is 9.91. The second-order valence-corrected chi connectivity index (χ2v) is 28.9. The van der Waals surface area contributed by atoms with Crippen molar-refractivity contribution in [3.63, 3.8) is 0 Å². The largest absolute Gasteiger partial charge is 0.504 e. The summed E-state index contributed by atoms with van der Waals surface area (Å²) in [5, 5.41) is 312. The highest BCUT2D eigenvalue weighted by Crippen LogP contribution is 2.59. The molecule has 0 saturated carbocycles. The smallest absolute Gasteiger partial charge is 0.340 e. The molecule has 10 atom stereocenters. The number of fused-ring (bicyclic) bond motifs is 13. The molecule has 698 valence electrons. The van der Waals surface area contributed by atoms with Gasteiger partial charge < -0.3 is 210 Å². The standard InChI is InChI=1S/C41H28O26.C41H30O26/c42-13-1-8(2-14(43)24(13)48)36(57)67-41-35-34(65-39(60)11-5-17(46)27(51)31(55)22(11)23-12(40(61)66-35)6-18(47)28(52)32(23)56)33-19(63-41)7-62-37(58)9-3-15(44)25(49)29(53)20(9)21-10(38(59)64-33)4-16(45)26(50)30(21)54;42-15-1-10(2-16(43)26(15)50)36(57)62-9-23-33-34(65-40(61)14-8-22(49)30(54)32(56)25(14)24-13(39(60)64-33)7-21(48)29(53)31(24)55)35(66-37(58)11-3-17(44)27(51)18(45)4-11)41(63-23)67-38(59)12-5-19(46)28(52)20(47)6-12/h1-6,19,33-35,41-56H,7H2;1-8,23,33-35,41-56H,9H2/t;23?,33-,34-,35-,41?/m.1/s1. The van der Waals surface area contributed by atoms with Crippen molar-refractivity contribution >= 4 is 59.7 Å². The Morgan fingerprint density at radius 1 is 0.246 bits per heavy atom. The lowest BCUT2D eigenvalue weighted by molar-refractivity contribution is -0.283. The van der Waals surface area contributed by atoms with Crippen LogP contribution in [0.3, 0.4) is 0 Å². The molecule has 10 aromatic rings. The Balaban J connectivity index is 0.000000215. The summed E-state index contributed by atoms with van der Waals surface area (Å²) in [6, 6.07) is 7.13. The van der Waals surface area contributed by atoms with Crippen LogP contribution in [0.2, 0.25) is 0 Å². The Kier molecular flexibility index (Phi) is 23.0. The molecule has 5 aliphatic rings. The van der Waals surface area contributed by atoms with Crippen LogP contribution in [-0.4, -0.2) is 288 Å². The summed E-state index contributed by atoms with van der Waals surface area (Å²) in [5.41, 5.74) is -15.9. The maximum atomic E-state index is 14.4. The molecule has 5 aliphatic heterocycles. The highest BCUT2D eigenvalue weighted by atomic mass is 16.8. The molecule has 134 heavy (non-hydrogen) atoms. The Hall–Kier alpha value is -19.2. The number of cyclic esters (lactones) is 1. The van der Waals surface area contributed by atoms with Crippen molar-refractivity contribution in [1.29, 1.82) is 0 Å². The number of ether oxygens (including phenoxy) is 12. The van der Waals surface area contributed by atoms with E-state index in [1.165, 1.54) is 0 Å². The van der Waals surface area contributed by atoms with E-state index < -0.39 is 396 Å². The average molecular weight is 1880 g/mol. The first-order valence-electron chi connectivity index (χ1n) is 37.0. The topological polar surface area (TPSA) is 888 Å². The van der Waals surface area contributed by atoms with Crippen LogP contribution in [0.5, 0.6) is 172 Å². The number of phenolic OH excluding ortho intramolecular Hbond substituents is 30. The highest BCUT2D eigenvalue weighted by Gasteiger charge is 2.59. The van der Waals surface area contributed by atoms with Gasteiger partial charge in [-0.25, -0.2) is 47.9 Å². The molecule has 30 N–H and O–H groups in total. The van der Waals surface area contributed by atoms with Crippen molar-refractivity contribution in [3.05, 3.63) is 141 Å². The summed E-state index contributed by atoms with van der Waals surface area (Å²) in [4.78, 5) is 140. The minimum Gasteiger partial charge on any atom is -0.504 e. The number of aromatic hydroxyl groups is 30. The SMILES string of the molecule is O=C(OC1OC2COC(=O)c3cc(O)c(O)c(O)c3-c3c(cc(O)c(O)c3O)C(=O)OC2C2OC(=O)c3cc(O)c(O)c(O)c3-c3c(cc(O)c(O)c3O)C(=O)OC12)c1cc(O)c(O)c(O)c1.O=C(OCC1OC(OC(=O)c2cc(O)c(O)c(O)c2)[C@H](OC(=O)c2cc(O)c(O)c(O)c2)[C@@H]2OC(=O)c3cc(O)c(O)c(O)c3-c3c(cc(O)c(O)c3O)C(=O)O[C@H]12)c1cc(O)c(O)c(O)c1. The Labute approximate surface area is 736 Å². The number of hydrogen-bond donors (Lipinski definition) is 30. The predicted molar refractivity (Wildman–Crippen MR) is 415 cm³/mol. The fourth-order valence-electron chi connectivity index (χ4n) is 14.2.